The van der Waals surface area contributed by atoms with E-state index in [1.807, 2.05) is 0 Å². The van der Waals surface area contributed by atoms with E-state index in [0.717, 1.165) is 0 Å². The summed E-state index contributed by atoms with van der Waals surface area (Å²) in [6.45, 7) is 10.7. The van der Waals surface area contributed by atoms with E-state index in [1.165, 1.54) is 30.4 Å². The Morgan fingerprint density at radius 3 is 1.81 bits per heavy atom. The minimum Gasteiger partial charge on any atom is -0.403 e. The van der Waals surface area contributed by atoms with E-state index in [9.17, 15) is 0 Å². The first-order valence-corrected chi connectivity index (χ1v) is 8.11. The lowest BCUT2D eigenvalue weighted by Crippen LogP contribution is -2.66. The lowest BCUT2D eigenvalue weighted by atomic mass is 9.23. The number of hydrogen-bond acceptors (Lipinski definition) is 2. The van der Waals surface area contributed by atoms with Gasteiger partial charge in [-0.2, -0.15) is 0 Å². The molecule has 0 aromatic heterocycles. The van der Waals surface area contributed by atoms with Crippen LogP contribution in [0.3, 0.4) is 0 Å². The van der Waals surface area contributed by atoms with Crippen molar-refractivity contribution in [3.05, 3.63) is 35.4 Å². The average molecular weight is 284 g/mol. The molecule has 0 N–H and O–H groups in total. The van der Waals surface area contributed by atoms with Crippen molar-refractivity contribution < 1.29 is 9.31 Å². The number of aryl methyl sites for hydroxylation is 1. The van der Waals surface area contributed by atoms with Gasteiger partial charge in [0.2, 0.25) is 0 Å². The first kappa shape index (κ1) is 13.8. The van der Waals surface area contributed by atoms with E-state index in [1.54, 1.807) is 0 Å². The largest absolute Gasteiger partial charge is 0.464 e. The topological polar surface area (TPSA) is 18.5 Å². The van der Waals surface area contributed by atoms with Crippen LogP contribution in [0, 0.1) is 6.92 Å². The van der Waals surface area contributed by atoms with E-state index < -0.39 is 0 Å². The molecule has 21 heavy (non-hydrogen) atoms. The van der Waals surface area contributed by atoms with Crippen LogP contribution in [0.25, 0.3) is 0 Å². The average Bonchev–Trinajstić information content (AvgIpc) is 2.47. The maximum atomic E-state index is 6.29. The van der Waals surface area contributed by atoms with Gasteiger partial charge in [-0.15, -0.1) is 0 Å². The van der Waals surface area contributed by atoms with Crippen LogP contribution in [-0.4, -0.2) is 18.3 Å². The molecule has 4 aliphatic rings. The van der Waals surface area contributed by atoms with Gasteiger partial charge >= 0.3 is 7.12 Å². The predicted molar refractivity (Wildman–Crippen MR) is 85.5 cm³/mol. The molecule has 1 aliphatic heterocycles. The van der Waals surface area contributed by atoms with Gasteiger partial charge in [0.05, 0.1) is 11.2 Å². The van der Waals surface area contributed by atoms with Gasteiger partial charge in [0.25, 0.3) is 0 Å². The molecule has 1 aromatic carbocycles. The summed E-state index contributed by atoms with van der Waals surface area (Å²) in [6.07, 6.45) is 3.67. The van der Waals surface area contributed by atoms with Crippen LogP contribution in [0.4, 0.5) is 0 Å². The molecule has 1 aromatic rings. The van der Waals surface area contributed by atoms with E-state index in [4.69, 9.17) is 9.31 Å². The van der Waals surface area contributed by atoms with Crippen molar-refractivity contribution in [3.63, 3.8) is 0 Å². The van der Waals surface area contributed by atoms with Crippen molar-refractivity contribution in [2.24, 2.45) is 0 Å². The first-order chi connectivity index (χ1) is 9.68. The highest BCUT2D eigenvalue weighted by atomic mass is 16.7. The van der Waals surface area contributed by atoms with Crippen molar-refractivity contribution in [2.75, 3.05) is 0 Å². The Morgan fingerprint density at radius 1 is 0.857 bits per heavy atom. The number of hydrogen-bond donors (Lipinski definition) is 0. The van der Waals surface area contributed by atoms with E-state index >= 15 is 0 Å². The van der Waals surface area contributed by atoms with Gasteiger partial charge in [0, 0.05) is 5.31 Å². The molecule has 0 amide bonds. The molecule has 0 atom stereocenters. The van der Waals surface area contributed by atoms with Gasteiger partial charge in [-0.3, -0.25) is 0 Å². The predicted octanol–water partition coefficient (Wildman–Crippen LogP) is 4.26. The molecule has 5 rings (SSSR count). The van der Waals surface area contributed by atoms with Gasteiger partial charge in [-0.1, -0.05) is 29.8 Å². The number of benzene rings is 1. The maximum Gasteiger partial charge on any atom is 0.464 e. The summed E-state index contributed by atoms with van der Waals surface area (Å²) in [5, 5.41) is 0.274. The Bertz CT molecular complexity index is 552. The highest BCUT2D eigenvalue weighted by Crippen LogP contribution is 2.80. The van der Waals surface area contributed by atoms with Crippen LogP contribution in [0.1, 0.15) is 58.1 Å². The minimum atomic E-state index is -0.204. The standard InChI is InChI=1S/C18H25BO2/c1-13-6-8-14(9-7-13)17-10-18(11-17,12-17)19-20-15(2,3)16(4,5)21-19/h6-9H,10-12H2,1-5H3. The molecule has 2 nitrogen and oxygen atoms in total. The minimum absolute atomic E-state index is 0.0187. The van der Waals surface area contributed by atoms with E-state index in [0.29, 0.717) is 5.41 Å². The summed E-state index contributed by atoms with van der Waals surface area (Å²) in [5.74, 6) is 0. The van der Waals surface area contributed by atoms with E-state index in [-0.39, 0.29) is 23.6 Å². The van der Waals surface area contributed by atoms with Crippen LogP contribution >= 0.6 is 0 Å². The summed E-state index contributed by atoms with van der Waals surface area (Å²) in [4.78, 5) is 0. The lowest BCUT2D eigenvalue weighted by Gasteiger charge is -2.71. The summed E-state index contributed by atoms with van der Waals surface area (Å²) < 4.78 is 12.6. The van der Waals surface area contributed by atoms with Crippen molar-refractivity contribution in [1.82, 2.24) is 0 Å². The smallest absolute Gasteiger partial charge is 0.403 e. The third kappa shape index (κ3) is 1.68. The van der Waals surface area contributed by atoms with Crippen molar-refractivity contribution >= 4 is 7.12 Å². The summed E-state index contributed by atoms with van der Waals surface area (Å²) >= 11 is 0. The second kappa shape index (κ2) is 3.75. The molecule has 0 unspecified atom stereocenters. The number of rotatable bonds is 2. The van der Waals surface area contributed by atoms with Crippen LogP contribution in [-0.2, 0) is 14.7 Å². The van der Waals surface area contributed by atoms with Crippen LogP contribution in [0.2, 0.25) is 5.31 Å². The highest BCUT2D eigenvalue weighted by Gasteiger charge is 2.76. The zero-order valence-corrected chi connectivity index (χ0v) is 13.8. The zero-order valence-electron chi connectivity index (χ0n) is 13.8. The summed E-state index contributed by atoms with van der Waals surface area (Å²) in [7, 11) is -0.0187. The fourth-order valence-corrected chi connectivity index (χ4v) is 4.42. The molecule has 2 bridgehead atoms. The van der Waals surface area contributed by atoms with Gasteiger partial charge in [-0.25, -0.2) is 0 Å². The Hall–Kier alpha value is -0.795. The quantitative estimate of drug-likeness (QED) is 0.755. The zero-order chi connectivity index (χ0) is 15.1. The molecule has 1 heterocycles. The van der Waals surface area contributed by atoms with Crippen molar-refractivity contribution in [2.45, 2.75) is 75.8 Å². The fraction of sp³-hybridized carbons (Fsp3) is 0.667. The van der Waals surface area contributed by atoms with Gasteiger partial charge in [0.1, 0.15) is 0 Å². The molecule has 112 valence electrons. The Morgan fingerprint density at radius 2 is 1.33 bits per heavy atom. The lowest BCUT2D eigenvalue weighted by molar-refractivity contribution is -0.0383. The normalized spacial score (nSPS) is 38.8. The van der Waals surface area contributed by atoms with Gasteiger partial charge in [0.15, 0.2) is 0 Å². The molecule has 0 spiro atoms. The Labute approximate surface area is 128 Å². The fourth-order valence-electron chi connectivity index (χ4n) is 4.42. The van der Waals surface area contributed by atoms with Crippen LogP contribution in [0.5, 0.6) is 0 Å². The van der Waals surface area contributed by atoms with Crippen LogP contribution in [0.15, 0.2) is 24.3 Å². The highest BCUT2D eigenvalue weighted by molar-refractivity contribution is 6.51. The Balaban J connectivity index is 1.50. The first-order valence-electron chi connectivity index (χ1n) is 8.11. The summed E-state index contributed by atoms with van der Waals surface area (Å²) in [6, 6.07) is 9.08. The van der Waals surface area contributed by atoms with Gasteiger partial charge < -0.3 is 9.31 Å². The van der Waals surface area contributed by atoms with Gasteiger partial charge in [-0.05, 0) is 64.9 Å². The molecular formula is C18H25BO2. The molecule has 1 saturated heterocycles. The van der Waals surface area contributed by atoms with Crippen molar-refractivity contribution in [3.8, 4) is 0 Å². The second-order valence-electron chi connectivity index (χ2n) is 8.63. The maximum absolute atomic E-state index is 6.29. The van der Waals surface area contributed by atoms with Crippen LogP contribution < -0.4 is 0 Å². The SMILES string of the molecule is Cc1ccc(C23CC(B4OC(C)(C)C(C)(C)O4)(C2)C3)cc1. The molecule has 3 heteroatoms. The molecular weight excluding hydrogens is 259 g/mol. The molecule has 3 aliphatic carbocycles. The third-order valence-electron chi connectivity index (χ3n) is 6.49. The molecule has 0 radical (unpaired) electrons. The Kier molecular flexibility index (Phi) is 2.47. The summed E-state index contributed by atoms with van der Waals surface area (Å²) in [5.41, 5.74) is 2.85. The van der Waals surface area contributed by atoms with Crippen molar-refractivity contribution in [1.29, 1.82) is 0 Å². The molecule has 3 saturated carbocycles. The monoisotopic (exact) mass is 284 g/mol. The van der Waals surface area contributed by atoms with E-state index in [2.05, 4.69) is 58.9 Å². The third-order valence-corrected chi connectivity index (χ3v) is 6.49. The molecule has 4 fully saturated rings. The second-order valence-corrected chi connectivity index (χ2v) is 8.63.